The maximum atomic E-state index is 13.6. The predicted octanol–water partition coefficient (Wildman–Crippen LogP) is 1.26. The highest BCUT2D eigenvalue weighted by Crippen LogP contribution is 2.22. The number of nitrogens with zero attached hydrogens (tertiary/aromatic N) is 2. The fourth-order valence-corrected chi connectivity index (χ4v) is 2.06. The molecule has 0 unspecified atom stereocenters. The second-order valence-corrected chi connectivity index (χ2v) is 4.89. The van der Waals surface area contributed by atoms with Gasteiger partial charge in [0, 0.05) is 32.6 Å². The fourth-order valence-electron chi connectivity index (χ4n) is 2.06. The molecule has 0 aromatic rings. The van der Waals surface area contributed by atoms with Crippen LogP contribution in [0.1, 0.15) is 19.8 Å². The van der Waals surface area contributed by atoms with Crippen LogP contribution in [-0.4, -0.2) is 68.6 Å². The van der Waals surface area contributed by atoms with Gasteiger partial charge in [-0.2, -0.15) is 0 Å². The van der Waals surface area contributed by atoms with Crippen molar-refractivity contribution in [2.24, 2.45) is 0 Å². The van der Waals surface area contributed by atoms with Crippen molar-refractivity contribution in [3.63, 3.8) is 0 Å². The molecule has 0 radical (unpaired) electrons. The molecule has 0 bridgehead atoms. The van der Waals surface area contributed by atoms with E-state index in [-0.39, 0.29) is 13.0 Å². The van der Waals surface area contributed by atoms with Crippen molar-refractivity contribution < 1.29 is 8.78 Å². The zero-order valence-corrected chi connectivity index (χ0v) is 11.0. The first-order valence-corrected chi connectivity index (χ1v) is 6.53. The van der Waals surface area contributed by atoms with Gasteiger partial charge in [0.15, 0.2) is 0 Å². The highest BCUT2D eigenvalue weighted by atomic mass is 19.3. The summed E-state index contributed by atoms with van der Waals surface area (Å²) in [4.78, 5) is 4.06. The van der Waals surface area contributed by atoms with Crippen LogP contribution in [0.15, 0.2) is 0 Å². The second-order valence-electron chi connectivity index (χ2n) is 4.89. The molecule has 0 aromatic carbocycles. The number of piperazine rings is 1. The van der Waals surface area contributed by atoms with Crippen LogP contribution in [0.25, 0.3) is 0 Å². The standard InChI is InChI=1S/C12H25F2N3/c1-3-15-6-4-5-12(13,14)11-17-9-7-16(2)8-10-17/h15H,3-11H2,1-2H3. The van der Waals surface area contributed by atoms with E-state index in [1.54, 1.807) is 0 Å². The van der Waals surface area contributed by atoms with E-state index < -0.39 is 5.92 Å². The number of alkyl halides is 2. The minimum atomic E-state index is -2.54. The Labute approximate surface area is 103 Å². The van der Waals surface area contributed by atoms with Crippen molar-refractivity contribution in [1.82, 2.24) is 15.1 Å². The Morgan fingerprint density at radius 1 is 1.18 bits per heavy atom. The van der Waals surface area contributed by atoms with E-state index in [9.17, 15) is 8.78 Å². The van der Waals surface area contributed by atoms with Crippen LogP contribution in [0.5, 0.6) is 0 Å². The van der Waals surface area contributed by atoms with E-state index >= 15 is 0 Å². The quantitative estimate of drug-likeness (QED) is 0.685. The highest BCUT2D eigenvalue weighted by Gasteiger charge is 2.31. The number of hydrogen-bond acceptors (Lipinski definition) is 3. The minimum absolute atomic E-state index is 0.00760. The van der Waals surface area contributed by atoms with Gasteiger partial charge in [-0.25, -0.2) is 8.78 Å². The summed E-state index contributed by atoms with van der Waals surface area (Å²) in [6, 6.07) is 0. The van der Waals surface area contributed by atoms with Crippen LogP contribution < -0.4 is 5.32 Å². The van der Waals surface area contributed by atoms with Gasteiger partial charge in [-0.05, 0) is 26.6 Å². The van der Waals surface area contributed by atoms with Gasteiger partial charge in [0.25, 0.3) is 5.92 Å². The molecule has 3 nitrogen and oxygen atoms in total. The molecule has 1 heterocycles. The summed E-state index contributed by atoms with van der Waals surface area (Å²) in [5, 5.41) is 3.08. The molecule has 1 rings (SSSR count). The largest absolute Gasteiger partial charge is 0.317 e. The first-order valence-electron chi connectivity index (χ1n) is 6.53. The van der Waals surface area contributed by atoms with E-state index in [0.717, 1.165) is 32.7 Å². The van der Waals surface area contributed by atoms with Crippen molar-refractivity contribution in [3.8, 4) is 0 Å². The van der Waals surface area contributed by atoms with Gasteiger partial charge in [0.2, 0.25) is 0 Å². The summed E-state index contributed by atoms with van der Waals surface area (Å²) in [5.41, 5.74) is 0. The Bertz CT molecular complexity index is 204. The number of hydrogen-bond donors (Lipinski definition) is 1. The van der Waals surface area contributed by atoms with Crippen LogP contribution in [0, 0.1) is 0 Å². The molecule has 17 heavy (non-hydrogen) atoms. The number of nitrogens with one attached hydrogen (secondary N) is 1. The number of halogens is 2. The lowest BCUT2D eigenvalue weighted by atomic mass is 10.1. The molecule has 1 fully saturated rings. The summed E-state index contributed by atoms with van der Waals surface area (Å²) in [7, 11) is 2.03. The fraction of sp³-hybridized carbons (Fsp3) is 1.00. The Kier molecular flexibility index (Phi) is 6.30. The van der Waals surface area contributed by atoms with Gasteiger partial charge in [0.1, 0.15) is 0 Å². The van der Waals surface area contributed by atoms with Gasteiger partial charge in [-0.15, -0.1) is 0 Å². The van der Waals surface area contributed by atoms with Crippen LogP contribution in [0.3, 0.4) is 0 Å². The molecule has 5 heteroatoms. The average Bonchev–Trinajstić information content (AvgIpc) is 2.27. The van der Waals surface area contributed by atoms with E-state index in [4.69, 9.17) is 0 Å². The molecule has 1 N–H and O–H groups in total. The monoisotopic (exact) mass is 249 g/mol. The van der Waals surface area contributed by atoms with E-state index in [1.807, 2.05) is 18.9 Å². The van der Waals surface area contributed by atoms with Gasteiger partial charge in [-0.3, -0.25) is 4.90 Å². The average molecular weight is 249 g/mol. The molecule has 0 saturated carbocycles. The molecule has 102 valence electrons. The van der Waals surface area contributed by atoms with Crippen LogP contribution in [0.4, 0.5) is 8.78 Å². The summed E-state index contributed by atoms with van der Waals surface area (Å²) in [5.74, 6) is -2.54. The van der Waals surface area contributed by atoms with Gasteiger partial charge in [-0.1, -0.05) is 6.92 Å². The minimum Gasteiger partial charge on any atom is -0.317 e. The molecule has 1 aliphatic rings. The third kappa shape index (κ3) is 6.29. The first kappa shape index (κ1) is 14.8. The van der Waals surface area contributed by atoms with Crippen LogP contribution >= 0.6 is 0 Å². The maximum absolute atomic E-state index is 13.6. The van der Waals surface area contributed by atoms with Crippen molar-refractivity contribution in [2.75, 3.05) is 52.9 Å². The lowest BCUT2D eigenvalue weighted by molar-refractivity contribution is -0.0479. The summed E-state index contributed by atoms with van der Waals surface area (Å²) < 4.78 is 27.3. The zero-order valence-electron chi connectivity index (χ0n) is 11.0. The first-order chi connectivity index (χ1) is 8.03. The van der Waals surface area contributed by atoms with Crippen molar-refractivity contribution in [3.05, 3.63) is 0 Å². The SMILES string of the molecule is CCNCCCC(F)(F)CN1CCN(C)CC1. The lowest BCUT2D eigenvalue weighted by Crippen LogP contribution is -2.48. The lowest BCUT2D eigenvalue weighted by Gasteiger charge is -2.34. The molecule has 0 atom stereocenters. The normalized spacial score (nSPS) is 19.8. The van der Waals surface area contributed by atoms with Crippen molar-refractivity contribution in [2.45, 2.75) is 25.7 Å². The Morgan fingerprint density at radius 3 is 2.41 bits per heavy atom. The molecule has 1 aliphatic heterocycles. The zero-order chi connectivity index (χ0) is 12.7. The third-order valence-corrected chi connectivity index (χ3v) is 3.20. The summed E-state index contributed by atoms with van der Waals surface area (Å²) in [6.45, 7) is 6.77. The molecule has 0 aliphatic carbocycles. The second kappa shape index (κ2) is 7.24. The molecule has 1 saturated heterocycles. The van der Waals surface area contributed by atoms with Crippen molar-refractivity contribution >= 4 is 0 Å². The molecule has 0 amide bonds. The maximum Gasteiger partial charge on any atom is 0.260 e. The molecule has 0 aromatic heterocycles. The Hall–Kier alpha value is -0.260. The van der Waals surface area contributed by atoms with Crippen LogP contribution in [-0.2, 0) is 0 Å². The molecular formula is C12H25F2N3. The number of likely N-dealkylation sites (N-methyl/N-ethyl adjacent to an activating group) is 1. The third-order valence-electron chi connectivity index (χ3n) is 3.20. The van der Waals surface area contributed by atoms with E-state index in [0.29, 0.717) is 13.0 Å². The van der Waals surface area contributed by atoms with Gasteiger partial charge >= 0.3 is 0 Å². The van der Waals surface area contributed by atoms with Gasteiger partial charge < -0.3 is 10.2 Å². The van der Waals surface area contributed by atoms with E-state index in [2.05, 4.69) is 10.2 Å². The van der Waals surface area contributed by atoms with Crippen molar-refractivity contribution in [1.29, 1.82) is 0 Å². The topological polar surface area (TPSA) is 18.5 Å². The van der Waals surface area contributed by atoms with Gasteiger partial charge in [0.05, 0.1) is 6.54 Å². The summed E-state index contributed by atoms with van der Waals surface area (Å²) >= 11 is 0. The Morgan fingerprint density at radius 2 is 1.82 bits per heavy atom. The smallest absolute Gasteiger partial charge is 0.260 e. The highest BCUT2D eigenvalue weighted by molar-refractivity contribution is 4.77. The molecule has 0 spiro atoms. The summed E-state index contributed by atoms with van der Waals surface area (Å²) in [6.07, 6.45) is 0.543. The number of rotatable bonds is 7. The predicted molar refractivity (Wildman–Crippen MR) is 66.7 cm³/mol. The van der Waals surface area contributed by atoms with Crippen LogP contribution in [0.2, 0.25) is 0 Å². The Balaban J connectivity index is 2.18. The molecular weight excluding hydrogens is 224 g/mol. The van der Waals surface area contributed by atoms with E-state index in [1.165, 1.54) is 0 Å².